The fourth-order valence-corrected chi connectivity index (χ4v) is 8.84. The van der Waals surface area contributed by atoms with E-state index in [2.05, 4.69) is 159 Å². The number of benzene rings is 6. The van der Waals surface area contributed by atoms with Crippen molar-refractivity contribution in [2.45, 2.75) is 90.4 Å². The fraction of sp³-hybridized carbons (Fsp3) is 0.444. The van der Waals surface area contributed by atoms with E-state index in [-0.39, 0.29) is 49.7 Å². The van der Waals surface area contributed by atoms with Crippen molar-refractivity contribution in [3.63, 3.8) is 0 Å². The number of esters is 1. The van der Waals surface area contributed by atoms with Crippen molar-refractivity contribution < 1.29 is 52.5 Å². The molecule has 6 aromatic rings. The van der Waals surface area contributed by atoms with E-state index in [4.69, 9.17) is 47.7 Å². The second-order valence-corrected chi connectivity index (χ2v) is 21.4. The summed E-state index contributed by atoms with van der Waals surface area (Å²) in [6.07, 6.45) is 0.753. The lowest BCUT2D eigenvalue weighted by Crippen LogP contribution is -2.31. The molecule has 6 aromatic carbocycles. The Morgan fingerprint density at radius 3 is 1.27 bits per heavy atom. The summed E-state index contributed by atoms with van der Waals surface area (Å²) in [6.45, 7) is 23.8. The van der Waals surface area contributed by atoms with Crippen LogP contribution in [-0.2, 0) is 66.0 Å². The van der Waals surface area contributed by atoms with Crippen LogP contribution in [0.1, 0.15) is 107 Å². The third kappa shape index (κ3) is 16.4. The second kappa shape index (κ2) is 27.8. The molecule has 0 amide bonds. The predicted molar refractivity (Wildman–Crippen MR) is 293 cm³/mol. The predicted octanol–water partition coefficient (Wildman–Crippen LogP) is 11.7. The standard InChI is InChI=1S/C63H80O11/c1-60(2,3)48-16-22-51(23-17-48)63(52-24-18-49(19-25-52)61(4,5)6,53-26-20-50(21-27-53)62(7,8)9)54-28-30-55(31-29-54)73-44-59(65)72-43-42-69-37-36-68-39-41-71-46-74-58-15-11-13-56-47(12-10-14-57(56)58)32-33-66-34-35-67-38-40-70-45-64/h10-31,64H,32-46H2,1-9H3. The van der Waals surface area contributed by atoms with Crippen LogP contribution < -0.4 is 9.47 Å². The van der Waals surface area contributed by atoms with E-state index < -0.39 is 11.4 Å². The van der Waals surface area contributed by atoms with Gasteiger partial charge in [0.05, 0.1) is 71.5 Å². The first-order chi connectivity index (χ1) is 35.5. The molecule has 6 rings (SSSR count). The van der Waals surface area contributed by atoms with Crippen LogP contribution >= 0.6 is 0 Å². The summed E-state index contributed by atoms with van der Waals surface area (Å²) >= 11 is 0. The van der Waals surface area contributed by atoms with Crippen molar-refractivity contribution in [3.05, 3.63) is 178 Å². The Morgan fingerprint density at radius 2 is 0.797 bits per heavy atom. The van der Waals surface area contributed by atoms with E-state index in [9.17, 15) is 4.79 Å². The van der Waals surface area contributed by atoms with Crippen LogP contribution in [-0.4, -0.2) is 104 Å². The van der Waals surface area contributed by atoms with Gasteiger partial charge in [-0.3, -0.25) is 0 Å². The largest absolute Gasteiger partial charge is 0.482 e. The van der Waals surface area contributed by atoms with E-state index in [0.717, 1.165) is 45.2 Å². The molecule has 0 fully saturated rings. The molecular formula is C63H80O11. The summed E-state index contributed by atoms with van der Waals surface area (Å²) in [4.78, 5) is 12.8. The van der Waals surface area contributed by atoms with Gasteiger partial charge in [0.2, 0.25) is 0 Å². The Labute approximate surface area is 440 Å². The van der Waals surface area contributed by atoms with Crippen molar-refractivity contribution in [1.82, 2.24) is 0 Å². The van der Waals surface area contributed by atoms with E-state index in [1.165, 1.54) is 22.3 Å². The van der Waals surface area contributed by atoms with Crippen LogP contribution in [0.4, 0.5) is 0 Å². The maximum Gasteiger partial charge on any atom is 0.344 e. The van der Waals surface area contributed by atoms with Gasteiger partial charge < -0.3 is 47.7 Å². The van der Waals surface area contributed by atoms with Crippen molar-refractivity contribution in [1.29, 1.82) is 0 Å². The SMILES string of the molecule is CC(C)(C)c1ccc(C(c2ccc(OCC(=O)OCCOCCOCCOCOc3cccc4c(CCOCCOCCOCO)cccc34)cc2)(c2ccc(C(C)(C)C)cc2)c2ccc(C(C)(C)C)cc2)cc1. The van der Waals surface area contributed by atoms with Gasteiger partial charge in [0, 0.05) is 5.39 Å². The number of ether oxygens (including phenoxy) is 9. The molecule has 74 heavy (non-hydrogen) atoms. The van der Waals surface area contributed by atoms with Gasteiger partial charge >= 0.3 is 5.97 Å². The van der Waals surface area contributed by atoms with Crippen LogP contribution in [0.25, 0.3) is 10.8 Å². The molecule has 0 radical (unpaired) electrons. The van der Waals surface area contributed by atoms with Crippen molar-refractivity contribution >= 4 is 16.7 Å². The molecule has 0 aliphatic heterocycles. The second-order valence-electron chi connectivity index (χ2n) is 21.4. The number of hydrogen-bond donors (Lipinski definition) is 1. The van der Waals surface area contributed by atoms with Crippen LogP contribution in [0, 0.1) is 0 Å². The number of rotatable bonds is 29. The number of carbonyl (C=O) groups excluding carboxylic acids is 1. The Morgan fingerprint density at radius 1 is 0.405 bits per heavy atom. The van der Waals surface area contributed by atoms with Gasteiger partial charge in [-0.1, -0.05) is 178 Å². The van der Waals surface area contributed by atoms with Gasteiger partial charge in [-0.2, -0.15) is 0 Å². The normalized spacial score (nSPS) is 12.3. The Kier molecular flexibility index (Phi) is 21.6. The highest BCUT2D eigenvalue weighted by molar-refractivity contribution is 5.91. The Balaban J connectivity index is 0.939. The number of carbonyl (C=O) groups is 1. The summed E-state index contributed by atoms with van der Waals surface area (Å²) < 4.78 is 50.3. The summed E-state index contributed by atoms with van der Waals surface area (Å²) in [5.74, 6) is 0.835. The molecule has 1 N–H and O–H groups in total. The first-order valence-electron chi connectivity index (χ1n) is 25.9. The third-order valence-corrected chi connectivity index (χ3v) is 13.1. The lowest BCUT2D eigenvalue weighted by molar-refractivity contribution is -0.147. The molecule has 0 saturated heterocycles. The summed E-state index contributed by atoms with van der Waals surface area (Å²) in [5, 5.41) is 10.8. The molecular weight excluding hydrogens is 933 g/mol. The molecule has 0 unspecified atom stereocenters. The zero-order valence-corrected chi connectivity index (χ0v) is 45.3. The van der Waals surface area contributed by atoms with Crippen molar-refractivity contribution in [2.24, 2.45) is 0 Å². The zero-order chi connectivity index (χ0) is 53.0. The van der Waals surface area contributed by atoms with E-state index in [1.54, 1.807) is 0 Å². The summed E-state index contributed by atoms with van der Waals surface area (Å²) in [5.41, 5.74) is 8.90. The van der Waals surface area contributed by atoms with Crippen LogP contribution in [0.3, 0.4) is 0 Å². The summed E-state index contributed by atoms with van der Waals surface area (Å²) in [7, 11) is 0. The first-order valence-corrected chi connectivity index (χ1v) is 25.9. The molecule has 11 nitrogen and oxygen atoms in total. The molecule has 11 heteroatoms. The molecule has 0 saturated carbocycles. The highest BCUT2D eigenvalue weighted by Gasteiger charge is 2.39. The van der Waals surface area contributed by atoms with E-state index in [0.29, 0.717) is 65.2 Å². The number of hydrogen-bond acceptors (Lipinski definition) is 11. The maximum absolute atomic E-state index is 12.8. The minimum absolute atomic E-state index is 0.00332. The molecule has 0 aromatic heterocycles. The third-order valence-electron chi connectivity index (χ3n) is 13.1. The maximum atomic E-state index is 12.8. The van der Waals surface area contributed by atoms with Gasteiger partial charge in [0.25, 0.3) is 0 Å². The quantitative estimate of drug-likeness (QED) is 0.0209. The molecule has 0 heterocycles. The number of aliphatic hydroxyl groups is 1. The Bertz CT molecular complexity index is 2450. The van der Waals surface area contributed by atoms with E-state index in [1.807, 2.05) is 36.4 Å². The number of aliphatic hydroxyl groups excluding tert-OH is 1. The molecule has 0 aliphatic rings. The molecule has 0 atom stereocenters. The minimum atomic E-state index is -0.659. The van der Waals surface area contributed by atoms with Crippen molar-refractivity contribution in [3.8, 4) is 11.5 Å². The molecule has 0 spiro atoms. The van der Waals surface area contributed by atoms with Crippen LogP contribution in [0.5, 0.6) is 11.5 Å². The lowest BCUT2D eigenvalue weighted by atomic mass is 9.64. The van der Waals surface area contributed by atoms with Gasteiger partial charge in [0.15, 0.2) is 13.4 Å². The Hall–Kier alpha value is -5.63. The zero-order valence-electron chi connectivity index (χ0n) is 45.3. The fourth-order valence-electron chi connectivity index (χ4n) is 8.84. The molecule has 0 bridgehead atoms. The topological polar surface area (TPSA) is 120 Å². The van der Waals surface area contributed by atoms with Gasteiger partial charge in [0.1, 0.15) is 24.9 Å². The average molecular weight is 1010 g/mol. The summed E-state index contributed by atoms with van der Waals surface area (Å²) in [6, 6.07) is 47.5. The minimum Gasteiger partial charge on any atom is -0.482 e. The van der Waals surface area contributed by atoms with Crippen LogP contribution in [0.2, 0.25) is 0 Å². The first kappa shape index (κ1) is 57.6. The highest BCUT2D eigenvalue weighted by atomic mass is 16.7. The molecule has 0 aliphatic carbocycles. The molecule has 398 valence electrons. The van der Waals surface area contributed by atoms with Crippen LogP contribution in [0.15, 0.2) is 133 Å². The van der Waals surface area contributed by atoms with Gasteiger partial charge in [-0.05, 0) is 90.8 Å². The smallest absolute Gasteiger partial charge is 0.344 e. The van der Waals surface area contributed by atoms with Gasteiger partial charge in [-0.25, -0.2) is 4.79 Å². The highest BCUT2D eigenvalue weighted by Crippen LogP contribution is 2.47. The monoisotopic (exact) mass is 1010 g/mol. The van der Waals surface area contributed by atoms with Crippen molar-refractivity contribution in [2.75, 3.05) is 92.9 Å². The van der Waals surface area contributed by atoms with Gasteiger partial charge in [-0.15, -0.1) is 0 Å². The lowest BCUT2D eigenvalue weighted by Gasteiger charge is -2.38. The van der Waals surface area contributed by atoms with E-state index >= 15 is 0 Å². The number of fused-ring (bicyclic) bond motifs is 1. The average Bonchev–Trinajstić information content (AvgIpc) is 3.38.